The van der Waals surface area contributed by atoms with Crippen LogP contribution in [0.4, 0.5) is 0 Å². The lowest BCUT2D eigenvalue weighted by atomic mass is 10.0. The summed E-state index contributed by atoms with van der Waals surface area (Å²) in [5, 5.41) is 1.53. The van der Waals surface area contributed by atoms with Crippen LogP contribution in [-0.4, -0.2) is 21.0 Å². The number of hydrogen-bond donors (Lipinski definition) is 0. The van der Waals surface area contributed by atoms with Gasteiger partial charge in [-0.05, 0) is 5.56 Å². The van der Waals surface area contributed by atoms with Gasteiger partial charge in [0.1, 0.15) is 0 Å². The van der Waals surface area contributed by atoms with Gasteiger partial charge >= 0.3 is 0 Å². The van der Waals surface area contributed by atoms with Crippen LogP contribution in [0.25, 0.3) is 6.08 Å². The van der Waals surface area contributed by atoms with Gasteiger partial charge in [-0.1, -0.05) is 128 Å². The van der Waals surface area contributed by atoms with E-state index in [2.05, 4.69) is 68.3 Å². The minimum Gasteiger partial charge on any atom is -0.289 e. The molecule has 3 aromatic carbocycles. The van der Waals surface area contributed by atoms with Gasteiger partial charge < -0.3 is 0 Å². The monoisotopic (exact) mass is 400 g/mol. The van der Waals surface area contributed by atoms with E-state index in [9.17, 15) is 4.79 Å². The predicted molar refractivity (Wildman–Crippen MR) is 126 cm³/mol. The Morgan fingerprint density at radius 2 is 1.18 bits per heavy atom. The number of benzene rings is 3. The second-order valence-electron chi connectivity index (χ2n) is 8.36. The fourth-order valence-electron chi connectivity index (χ4n) is 3.24. The van der Waals surface area contributed by atoms with Crippen LogP contribution < -0.4 is 5.19 Å². The van der Waals surface area contributed by atoms with Crippen LogP contribution in [0.3, 0.4) is 0 Å². The largest absolute Gasteiger partial charge is 0.289 e. The van der Waals surface area contributed by atoms with Crippen LogP contribution in [-0.2, 0) is 0 Å². The van der Waals surface area contributed by atoms with E-state index in [1.807, 2.05) is 54.6 Å². The van der Waals surface area contributed by atoms with Gasteiger partial charge in [-0.15, -0.1) is 0 Å². The normalized spacial score (nSPS) is 12.3. The van der Waals surface area contributed by atoms with Gasteiger partial charge in [-0.3, -0.25) is 4.79 Å². The molecule has 0 radical (unpaired) electrons. The maximum atomic E-state index is 12.6. The van der Waals surface area contributed by atoms with Crippen molar-refractivity contribution < 1.29 is 4.79 Å². The first kappa shape index (κ1) is 20.2. The molecule has 0 aromatic heterocycles. The van der Waals surface area contributed by atoms with E-state index in [1.165, 1.54) is 5.19 Å². The lowest BCUT2D eigenvalue weighted by Crippen LogP contribution is -2.61. The van der Waals surface area contributed by atoms with Crippen molar-refractivity contribution >= 4 is 32.2 Å². The predicted octanol–water partition coefficient (Wildman–Crippen LogP) is 5.87. The summed E-state index contributed by atoms with van der Waals surface area (Å²) >= 11 is 0. The highest BCUT2D eigenvalue weighted by atomic mass is 29.3. The van der Waals surface area contributed by atoms with Crippen LogP contribution in [0, 0.1) is 0 Å². The Labute approximate surface area is 170 Å². The lowest BCUT2D eigenvalue weighted by molar-refractivity contribution is 0.103. The SMILES string of the molecule is C[Si](C)(/C=C\c1ccc(C(=O)c2ccccc2)cc1)[Si](C)(C)c1ccccc1. The second kappa shape index (κ2) is 8.25. The standard InChI is InChI=1S/C25H28OSi2/c1-27(2,28(3,4)24-13-9-6-10-14-24)20-19-21-15-17-23(18-16-21)25(26)22-11-7-5-8-12-22/h5-20H,1-4H3/b20-19-. The fraction of sp³-hybridized carbons (Fsp3) is 0.160. The summed E-state index contributed by atoms with van der Waals surface area (Å²) < 4.78 is 0. The Balaban J connectivity index is 1.78. The molecule has 0 bridgehead atoms. The number of hydrogen-bond acceptors (Lipinski definition) is 1. The maximum Gasteiger partial charge on any atom is 0.193 e. The number of rotatable bonds is 6. The van der Waals surface area contributed by atoms with Crippen LogP contribution in [0.2, 0.25) is 26.2 Å². The molecule has 1 nitrogen and oxygen atoms in total. The molecule has 0 fully saturated rings. The van der Waals surface area contributed by atoms with E-state index in [0.717, 1.165) is 16.7 Å². The molecule has 0 atom stereocenters. The Hall–Kier alpha value is -2.50. The summed E-state index contributed by atoms with van der Waals surface area (Å²) in [6.45, 7) is 9.91. The molecule has 0 saturated heterocycles. The van der Waals surface area contributed by atoms with Gasteiger partial charge in [0.25, 0.3) is 0 Å². The van der Waals surface area contributed by atoms with Crippen molar-refractivity contribution in [2.24, 2.45) is 0 Å². The Kier molecular flexibility index (Phi) is 5.97. The van der Waals surface area contributed by atoms with Gasteiger partial charge in [0, 0.05) is 11.1 Å². The third kappa shape index (κ3) is 4.32. The van der Waals surface area contributed by atoms with Crippen molar-refractivity contribution in [3.05, 3.63) is 107 Å². The first-order valence-electron chi connectivity index (χ1n) is 9.76. The molecule has 3 heteroatoms. The van der Waals surface area contributed by atoms with E-state index in [0.29, 0.717) is 0 Å². The summed E-state index contributed by atoms with van der Waals surface area (Å²) in [6.07, 6.45) is 2.25. The fourth-order valence-corrected chi connectivity index (χ4v) is 10.3. The molecule has 0 aliphatic heterocycles. The maximum absolute atomic E-state index is 12.6. The van der Waals surface area contributed by atoms with Gasteiger partial charge in [-0.25, -0.2) is 0 Å². The van der Waals surface area contributed by atoms with Crippen LogP contribution in [0.15, 0.2) is 90.6 Å². The molecule has 0 heterocycles. The van der Waals surface area contributed by atoms with Crippen LogP contribution >= 0.6 is 0 Å². The highest BCUT2D eigenvalue weighted by Crippen LogP contribution is 2.22. The lowest BCUT2D eigenvalue weighted by Gasteiger charge is -2.36. The molecule has 142 valence electrons. The first-order chi connectivity index (χ1) is 13.3. The van der Waals surface area contributed by atoms with E-state index < -0.39 is 15.2 Å². The first-order valence-corrected chi connectivity index (χ1v) is 16.8. The molecule has 3 rings (SSSR count). The summed E-state index contributed by atoms with van der Waals surface area (Å²) in [6, 6.07) is 28.4. The molecule has 0 amide bonds. The van der Waals surface area contributed by atoms with Crippen molar-refractivity contribution in [3.8, 4) is 0 Å². The molecule has 28 heavy (non-hydrogen) atoms. The molecule has 0 spiro atoms. The molecule has 0 N–H and O–H groups in total. The van der Waals surface area contributed by atoms with Crippen molar-refractivity contribution in [2.75, 3.05) is 0 Å². The van der Waals surface area contributed by atoms with Gasteiger partial charge in [0.05, 0.1) is 15.2 Å². The van der Waals surface area contributed by atoms with Crippen molar-refractivity contribution in [1.82, 2.24) is 0 Å². The molecular formula is C25H28OSi2. The van der Waals surface area contributed by atoms with Crippen molar-refractivity contribution in [1.29, 1.82) is 0 Å². The summed E-state index contributed by atoms with van der Waals surface area (Å²) in [5.41, 5.74) is 5.09. The van der Waals surface area contributed by atoms with E-state index in [1.54, 1.807) is 0 Å². The van der Waals surface area contributed by atoms with Crippen molar-refractivity contribution in [3.63, 3.8) is 0 Å². The van der Waals surface area contributed by atoms with Crippen molar-refractivity contribution in [2.45, 2.75) is 26.2 Å². The van der Waals surface area contributed by atoms with E-state index in [-0.39, 0.29) is 5.78 Å². The average Bonchev–Trinajstić information content (AvgIpc) is 2.73. The van der Waals surface area contributed by atoms with E-state index in [4.69, 9.17) is 0 Å². The third-order valence-corrected chi connectivity index (χ3v) is 23.0. The molecule has 0 saturated carbocycles. The molecule has 0 unspecified atom stereocenters. The number of carbonyl (C=O) groups excluding carboxylic acids is 1. The van der Waals surface area contributed by atoms with Gasteiger partial charge in [-0.2, -0.15) is 0 Å². The highest BCUT2D eigenvalue weighted by Gasteiger charge is 2.40. The average molecular weight is 401 g/mol. The summed E-state index contributed by atoms with van der Waals surface area (Å²) in [4.78, 5) is 12.6. The minimum atomic E-state index is -1.55. The molecular weight excluding hydrogens is 372 g/mol. The number of carbonyl (C=O) groups is 1. The quantitative estimate of drug-likeness (QED) is 0.373. The Morgan fingerprint density at radius 1 is 0.679 bits per heavy atom. The van der Waals surface area contributed by atoms with Gasteiger partial charge in [0.15, 0.2) is 5.78 Å². The molecule has 3 aromatic rings. The summed E-state index contributed by atoms with van der Waals surface area (Å²) in [7, 11) is -3.09. The van der Waals surface area contributed by atoms with E-state index >= 15 is 0 Å². The zero-order chi connectivity index (χ0) is 20.2. The zero-order valence-electron chi connectivity index (χ0n) is 17.1. The van der Waals surface area contributed by atoms with Gasteiger partial charge in [0.2, 0.25) is 0 Å². The number of ketones is 1. The second-order valence-corrected chi connectivity index (χ2v) is 23.6. The third-order valence-electron chi connectivity index (χ3n) is 6.01. The Bertz CT molecular complexity index is 956. The Morgan fingerprint density at radius 3 is 1.75 bits per heavy atom. The zero-order valence-corrected chi connectivity index (χ0v) is 19.1. The molecule has 0 aliphatic carbocycles. The van der Waals surface area contributed by atoms with Crippen LogP contribution in [0.1, 0.15) is 21.5 Å². The highest BCUT2D eigenvalue weighted by molar-refractivity contribution is 7.47. The smallest absolute Gasteiger partial charge is 0.193 e. The van der Waals surface area contributed by atoms with Crippen LogP contribution in [0.5, 0.6) is 0 Å². The summed E-state index contributed by atoms with van der Waals surface area (Å²) in [5.74, 6) is 0.0726. The topological polar surface area (TPSA) is 17.1 Å². The molecule has 0 aliphatic rings. The minimum absolute atomic E-state index is 0.0726.